The van der Waals surface area contributed by atoms with E-state index in [0.717, 1.165) is 241 Å². The van der Waals surface area contributed by atoms with Crippen LogP contribution in [0.15, 0.2) is 24.5 Å². The topological polar surface area (TPSA) is 476 Å². The quantitative estimate of drug-likeness (QED) is 0.0246. The summed E-state index contributed by atoms with van der Waals surface area (Å²) in [7, 11) is 0. The second-order valence-electron chi connectivity index (χ2n) is 29.0. The van der Waals surface area contributed by atoms with Gasteiger partial charge in [0.15, 0.2) is 0 Å². The van der Waals surface area contributed by atoms with Crippen LogP contribution in [0.4, 0.5) is 58.8 Å². The lowest BCUT2D eigenvalue weighted by Gasteiger charge is -2.33. The highest BCUT2D eigenvalue weighted by molar-refractivity contribution is 5.94. The fourth-order valence-electron chi connectivity index (χ4n) is 14.3. The summed E-state index contributed by atoms with van der Waals surface area (Å²) < 4.78 is 10.7. The maximum Gasteiger partial charge on any atom is 0.254 e. The van der Waals surface area contributed by atoms with Crippen molar-refractivity contribution in [1.82, 2.24) is 79.3 Å². The Hall–Kier alpha value is -10.7. The summed E-state index contributed by atoms with van der Waals surface area (Å²) in [5.41, 5.74) is 39.4. The molecule has 2 fully saturated rings. The van der Waals surface area contributed by atoms with Crippen molar-refractivity contribution in [2.45, 2.75) is 209 Å². The summed E-state index contributed by atoms with van der Waals surface area (Å²) in [4.78, 5) is 118. The molecule has 0 aliphatic carbocycles. The number of carbonyl (C=O) groups is 5. The molecule has 0 atom stereocenters. The third kappa shape index (κ3) is 24.9. The van der Waals surface area contributed by atoms with Crippen molar-refractivity contribution < 1.29 is 33.4 Å². The molecule has 6 aromatic rings. The summed E-state index contributed by atoms with van der Waals surface area (Å²) in [6.45, 7) is 25.5. The molecule has 6 aromatic heterocycles. The van der Waals surface area contributed by atoms with Gasteiger partial charge in [-0.05, 0) is 89.2 Å². The van der Waals surface area contributed by atoms with Crippen LogP contribution in [0.2, 0.25) is 0 Å². The third-order valence-corrected chi connectivity index (χ3v) is 20.7. The summed E-state index contributed by atoms with van der Waals surface area (Å²) in [6, 6.07) is 5.35. The highest BCUT2D eigenvalue weighted by atomic mass is 16.5. The smallest absolute Gasteiger partial charge is 0.254 e. The van der Waals surface area contributed by atoms with Gasteiger partial charge in [-0.15, -0.1) is 0 Å². The molecule has 0 saturated carbocycles. The SMILES string of the molecule is CCCCNc1nc(N)nc2c1CCN(C(=O)C1CCOCC1)C2.CCCCNc1nc(N)nc2c1CCN(C(=O)CC)C2.CCCCNc1nc(N)nc2c1CCN(C(=O)c1ccncc1)C2.CCCCNc1nc(N)nc2c1CN(C(=O)C1CCOCC1)CC2.CCCCNc1nc(N)nc2c1CN(C(=O)CC#N)CC2. The molecule has 7 aliphatic heterocycles. The van der Waals surface area contributed by atoms with E-state index in [1.54, 1.807) is 34.3 Å². The first-order chi connectivity index (χ1) is 54.9. The fraction of sp³-hybridized carbons (Fsp3) is 0.608. The Morgan fingerprint density at radius 2 is 0.717 bits per heavy atom. The molecule has 113 heavy (non-hydrogen) atoms. The van der Waals surface area contributed by atoms with Crippen molar-refractivity contribution >= 4 is 88.4 Å². The van der Waals surface area contributed by atoms with E-state index in [1.807, 2.05) is 27.7 Å². The first-order valence-corrected chi connectivity index (χ1v) is 40.7. The number of nitrogen functional groups attached to an aromatic ring is 5. The maximum atomic E-state index is 12.8. The van der Waals surface area contributed by atoms with Gasteiger partial charge in [-0.2, -0.15) is 30.2 Å². The van der Waals surface area contributed by atoms with E-state index in [-0.39, 0.29) is 71.6 Å². The average molecular weight is 1560 g/mol. The van der Waals surface area contributed by atoms with Crippen LogP contribution in [0.25, 0.3) is 0 Å². The molecule has 13 rings (SSSR count). The first kappa shape index (κ1) is 86.3. The Morgan fingerprint density at radius 3 is 1.10 bits per heavy atom. The highest BCUT2D eigenvalue weighted by Crippen LogP contribution is 2.32. The second kappa shape index (κ2) is 44.5. The molecule has 0 unspecified atom stereocenters. The van der Waals surface area contributed by atoms with E-state index in [9.17, 15) is 24.0 Å². The van der Waals surface area contributed by atoms with Crippen LogP contribution in [-0.4, -0.2) is 201 Å². The first-order valence-electron chi connectivity index (χ1n) is 40.7. The van der Waals surface area contributed by atoms with Gasteiger partial charge in [0.2, 0.25) is 53.4 Å². The predicted molar refractivity (Wildman–Crippen MR) is 436 cm³/mol. The number of unbranched alkanes of at least 4 members (excludes halogenated alkanes) is 5. The molecular formula is C79H119N27O7. The van der Waals surface area contributed by atoms with Crippen molar-refractivity contribution in [2.75, 3.05) is 147 Å². The summed E-state index contributed by atoms with van der Waals surface area (Å²) >= 11 is 0. The van der Waals surface area contributed by atoms with Gasteiger partial charge in [0.1, 0.15) is 35.5 Å². The van der Waals surface area contributed by atoms with Gasteiger partial charge in [-0.3, -0.25) is 29.0 Å². The zero-order valence-electron chi connectivity index (χ0n) is 67.1. The number of aromatic nitrogens is 11. The largest absolute Gasteiger partial charge is 0.381 e. The molecule has 13 heterocycles. The Balaban J connectivity index is 0.000000162. The zero-order chi connectivity index (χ0) is 80.6. The summed E-state index contributed by atoms with van der Waals surface area (Å²) in [5, 5.41) is 25.3. The number of nitrogens with two attached hydrogens (primary N) is 5. The second-order valence-corrected chi connectivity index (χ2v) is 29.0. The molecule has 0 spiro atoms. The Morgan fingerprint density at radius 1 is 0.407 bits per heavy atom. The van der Waals surface area contributed by atoms with Crippen LogP contribution in [0.3, 0.4) is 0 Å². The highest BCUT2D eigenvalue weighted by Gasteiger charge is 2.34. The number of nitriles is 1. The van der Waals surface area contributed by atoms with Crippen LogP contribution in [-0.2, 0) is 93.5 Å². The van der Waals surface area contributed by atoms with E-state index >= 15 is 0 Å². The summed E-state index contributed by atoms with van der Waals surface area (Å²) in [5.74, 6) is 5.95. The van der Waals surface area contributed by atoms with Gasteiger partial charge in [-0.1, -0.05) is 73.6 Å². The van der Waals surface area contributed by atoms with Gasteiger partial charge in [0, 0.05) is 169 Å². The van der Waals surface area contributed by atoms with Gasteiger partial charge >= 0.3 is 0 Å². The molecule has 34 nitrogen and oxygen atoms in total. The lowest BCUT2D eigenvalue weighted by molar-refractivity contribution is -0.140. The molecule has 2 saturated heterocycles. The Labute approximate surface area is 663 Å². The number of nitrogens with zero attached hydrogens (tertiary/aromatic N) is 17. The van der Waals surface area contributed by atoms with Crippen LogP contribution >= 0.6 is 0 Å². The van der Waals surface area contributed by atoms with Crippen LogP contribution in [0.5, 0.6) is 0 Å². The molecule has 15 N–H and O–H groups in total. The van der Waals surface area contributed by atoms with Gasteiger partial charge in [0.05, 0.1) is 67.3 Å². The molecule has 7 aliphatic rings. The molecule has 0 aromatic carbocycles. The monoisotopic (exact) mass is 1560 g/mol. The number of nitrogens with one attached hydrogen (secondary N) is 5. The molecule has 5 amide bonds. The Bertz CT molecular complexity index is 4160. The lowest BCUT2D eigenvalue weighted by Crippen LogP contribution is -2.42. The van der Waals surface area contributed by atoms with Crippen molar-refractivity contribution in [1.29, 1.82) is 5.26 Å². The standard InChI is InChI=1S/C17H22N6O.2C17H27N5O2.C14H20N6O.C14H23N5O/c1-2-3-7-20-15-13-6-10-23(11-14(13)21-17(18)22-15)16(24)12-4-8-19-9-5-12;1-2-3-7-19-15-13-11-22(8-4-14(13)20-17(18)21-15)16(23)12-5-9-24-10-6-12;1-2-3-7-19-15-13-4-8-22(11-14(13)20-17(18)21-15)16(23)12-5-9-24-10-6-12;1-2-3-7-17-13-10-9-20(12(21)4-6-15)8-5-11(10)18-14(16)19-13;1-3-5-7-16-13-10-6-8-19(12(20)4-2)9-11(10)17-14(15)18-13/h4-5,8-9H,2-3,6-7,10-11H2,1H3,(H3,18,20,21,22);2*12H,2-11H2,1H3,(H3,18,19,20,21);2-5,7-9H2,1H3,(H3,16,17,18,19);3-9H2,1-2H3,(H3,15,16,17,18). The number of hydrogen-bond donors (Lipinski definition) is 10. The zero-order valence-corrected chi connectivity index (χ0v) is 67.1. The van der Waals surface area contributed by atoms with E-state index < -0.39 is 0 Å². The number of carbonyl (C=O) groups excluding carboxylic acids is 5. The number of rotatable bonds is 25. The van der Waals surface area contributed by atoms with Gasteiger partial charge in [0.25, 0.3) is 5.91 Å². The minimum absolute atomic E-state index is 0.0132. The predicted octanol–water partition coefficient (Wildman–Crippen LogP) is 7.66. The third-order valence-electron chi connectivity index (χ3n) is 20.7. The number of ether oxygens (including phenoxy) is 2. The molecule has 0 bridgehead atoms. The van der Waals surface area contributed by atoms with E-state index in [2.05, 4.69) is 116 Å². The number of anilines is 10. The van der Waals surface area contributed by atoms with Crippen molar-refractivity contribution in [3.63, 3.8) is 0 Å². The molecule has 612 valence electrons. The van der Waals surface area contributed by atoms with E-state index in [4.69, 9.17) is 43.4 Å². The van der Waals surface area contributed by atoms with Crippen molar-refractivity contribution in [3.8, 4) is 6.07 Å². The van der Waals surface area contributed by atoms with Crippen molar-refractivity contribution in [3.05, 3.63) is 86.4 Å². The van der Waals surface area contributed by atoms with Crippen molar-refractivity contribution in [2.24, 2.45) is 11.8 Å². The van der Waals surface area contributed by atoms with E-state index in [1.165, 1.54) is 0 Å². The normalized spacial score (nSPS) is 15.6. The molecule has 0 radical (unpaired) electrons. The maximum absolute atomic E-state index is 12.8. The number of fused-ring (bicyclic) bond motifs is 5. The van der Waals surface area contributed by atoms with E-state index in [0.29, 0.717) is 109 Å². The Kier molecular flexibility index (Phi) is 34.0. The number of hydrogen-bond acceptors (Lipinski definition) is 29. The minimum Gasteiger partial charge on any atom is -0.381 e. The summed E-state index contributed by atoms with van der Waals surface area (Å²) in [6.07, 6.45) is 21.6. The van der Waals surface area contributed by atoms with Gasteiger partial charge in [-0.25, -0.2) is 24.9 Å². The minimum atomic E-state index is -0.153. The number of pyridine rings is 1. The average Bonchev–Trinajstić information content (AvgIpc) is 0.795. The number of amides is 5. The van der Waals surface area contributed by atoms with Crippen LogP contribution in [0, 0.1) is 23.2 Å². The molecule has 34 heteroatoms. The van der Waals surface area contributed by atoms with Crippen LogP contribution < -0.4 is 55.3 Å². The fourth-order valence-corrected chi connectivity index (χ4v) is 14.3. The van der Waals surface area contributed by atoms with Crippen LogP contribution in [0.1, 0.15) is 211 Å². The molecular weight excluding hydrogens is 1440 g/mol. The van der Waals surface area contributed by atoms with Gasteiger partial charge < -0.3 is 89.2 Å². The lowest BCUT2D eigenvalue weighted by atomic mass is 9.96.